The van der Waals surface area contributed by atoms with Crippen LogP contribution in [-0.4, -0.2) is 28.1 Å². The Morgan fingerprint density at radius 2 is 1.89 bits per heavy atom. The van der Waals surface area contributed by atoms with Gasteiger partial charge in [-0.05, 0) is 55.5 Å². The SMILES string of the molecule is NC(=O)c1cccc(CCNC(=O)c2nn(-c3ccccc3)c3c2CCC3)c1. The summed E-state index contributed by atoms with van der Waals surface area (Å²) in [4.78, 5) is 24.0. The molecule has 1 aromatic heterocycles. The molecule has 0 fully saturated rings. The van der Waals surface area contributed by atoms with Crippen LogP contribution >= 0.6 is 0 Å². The number of hydrogen-bond donors (Lipinski definition) is 2. The molecule has 6 heteroatoms. The van der Waals surface area contributed by atoms with Crippen LogP contribution in [0.2, 0.25) is 0 Å². The van der Waals surface area contributed by atoms with Crippen LogP contribution in [0.3, 0.4) is 0 Å². The summed E-state index contributed by atoms with van der Waals surface area (Å²) in [6.07, 6.45) is 3.48. The van der Waals surface area contributed by atoms with Gasteiger partial charge in [0.1, 0.15) is 0 Å². The van der Waals surface area contributed by atoms with Crippen LogP contribution in [0, 0.1) is 0 Å². The number of carbonyl (C=O) groups is 2. The summed E-state index contributed by atoms with van der Waals surface area (Å²) < 4.78 is 1.90. The van der Waals surface area contributed by atoms with Crippen LogP contribution in [0.25, 0.3) is 5.69 Å². The highest BCUT2D eigenvalue weighted by atomic mass is 16.2. The van der Waals surface area contributed by atoms with E-state index < -0.39 is 5.91 Å². The molecule has 0 unspecified atom stereocenters. The van der Waals surface area contributed by atoms with Gasteiger partial charge in [0.25, 0.3) is 5.91 Å². The van der Waals surface area contributed by atoms with Crippen LogP contribution in [0.5, 0.6) is 0 Å². The minimum absolute atomic E-state index is 0.154. The number of fused-ring (bicyclic) bond motifs is 1. The third kappa shape index (κ3) is 3.53. The van der Waals surface area contributed by atoms with Crippen LogP contribution < -0.4 is 11.1 Å². The minimum Gasteiger partial charge on any atom is -0.366 e. The van der Waals surface area contributed by atoms with Crippen molar-refractivity contribution in [3.8, 4) is 5.69 Å². The molecule has 0 radical (unpaired) electrons. The van der Waals surface area contributed by atoms with Gasteiger partial charge in [-0.2, -0.15) is 5.10 Å². The van der Waals surface area contributed by atoms with E-state index in [4.69, 9.17) is 5.73 Å². The minimum atomic E-state index is -0.451. The molecule has 4 rings (SSSR count). The van der Waals surface area contributed by atoms with Crippen molar-refractivity contribution in [2.45, 2.75) is 25.7 Å². The standard InChI is InChI=1S/C22H22N4O2/c23-21(27)16-7-4-6-15(14-16)12-13-24-22(28)20-18-10-5-11-19(18)26(25-20)17-8-2-1-3-9-17/h1-4,6-9,14H,5,10-13H2,(H2,23,27)(H,24,28). The van der Waals surface area contributed by atoms with Crippen molar-refractivity contribution in [1.82, 2.24) is 15.1 Å². The molecule has 1 aliphatic carbocycles. The Balaban J connectivity index is 1.47. The summed E-state index contributed by atoms with van der Waals surface area (Å²) in [5.41, 5.74) is 10.4. The second-order valence-corrected chi connectivity index (χ2v) is 6.95. The fourth-order valence-electron chi connectivity index (χ4n) is 3.69. The summed E-state index contributed by atoms with van der Waals surface area (Å²) in [6, 6.07) is 17.1. The van der Waals surface area contributed by atoms with Crippen LogP contribution in [0.15, 0.2) is 54.6 Å². The van der Waals surface area contributed by atoms with Gasteiger partial charge in [0.2, 0.25) is 5.91 Å². The first-order chi connectivity index (χ1) is 13.6. The largest absolute Gasteiger partial charge is 0.366 e. The van der Waals surface area contributed by atoms with Gasteiger partial charge < -0.3 is 11.1 Å². The number of nitrogens with two attached hydrogens (primary N) is 1. The van der Waals surface area contributed by atoms with E-state index in [1.807, 2.05) is 41.1 Å². The second kappa shape index (κ2) is 7.68. The van der Waals surface area contributed by atoms with Crippen LogP contribution in [0.4, 0.5) is 0 Å². The Bertz CT molecular complexity index is 1020. The Labute approximate surface area is 163 Å². The first-order valence-electron chi connectivity index (χ1n) is 9.46. The molecule has 0 spiro atoms. The first kappa shape index (κ1) is 18.0. The van der Waals surface area contributed by atoms with Crippen molar-refractivity contribution in [3.63, 3.8) is 0 Å². The highest BCUT2D eigenvalue weighted by Gasteiger charge is 2.26. The number of hydrogen-bond acceptors (Lipinski definition) is 3. The summed E-state index contributed by atoms with van der Waals surface area (Å²) in [5, 5.41) is 7.57. The van der Waals surface area contributed by atoms with E-state index in [1.165, 1.54) is 0 Å². The first-order valence-corrected chi connectivity index (χ1v) is 9.46. The molecule has 2 amide bonds. The zero-order valence-electron chi connectivity index (χ0n) is 15.5. The summed E-state index contributed by atoms with van der Waals surface area (Å²) in [7, 11) is 0. The number of nitrogens with zero attached hydrogens (tertiary/aromatic N) is 2. The maximum absolute atomic E-state index is 12.8. The van der Waals surface area contributed by atoms with E-state index in [0.29, 0.717) is 24.2 Å². The lowest BCUT2D eigenvalue weighted by molar-refractivity contribution is 0.0946. The zero-order chi connectivity index (χ0) is 19.5. The van der Waals surface area contributed by atoms with Gasteiger partial charge in [0.15, 0.2) is 5.69 Å². The van der Waals surface area contributed by atoms with Gasteiger partial charge in [0.05, 0.1) is 5.69 Å². The number of para-hydroxylation sites is 1. The molecule has 1 aliphatic rings. The van der Waals surface area contributed by atoms with Crippen LogP contribution in [-0.2, 0) is 19.3 Å². The topological polar surface area (TPSA) is 90.0 Å². The lowest BCUT2D eigenvalue weighted by Crippen LogP contribution is -2.27. The van der Waals surface area contributed by atoms with Crippen molar-refractivity contribution in [2.75, 3.05) is 6.54 Å². The van der Waals surface area contributed by atoms with Crippen molar-refractivity contribution < 1.29 is 9.59 Å². The normalized spacial score (nSPS) is 12.6. The quantitative estimate of drug-likeness (QED) is 0.694. The summed E-state index contributed by atoms with van der Waals surface area (Å²) in [6.45, 7) is 0.466. The Hall–Kier alpha value is -3.41. The fraction of sp³-hybridized carbons (Fsp3) is 0.227. The maximum atomic E-state index is 12.8. The van der Waals surface area contributed by atoms with Gasteiger partial charge in [-0.25, -0.2) is 4.68 Å². The molecule has 1 heterocycles. The van der Waals surface area contributed by atoms with Crippen molar-refractivity contribution in [3.05, 3.63) is 82.7 Å². The van der Waals surface area contributed by atoms with Gasteiger partial charge >= 0.3 is 0 Å². The predicted molar refractivity (Wildman–Crippen MR) is 107 cm³/mol. The summed E-state index contributed by atoms with van der Waals surface area (Å²) >= 11 is 0. The average Bonchev–Trinajstić information content (AvgIpc) is 3.31. The molecular formula is C22H22N4O2. The van der Waals surface area contributed by atoms with Crippen molar-refractivity contribution in [1.29, 1.82) is 0 Å². The fourth-order valence-corrected chi connectivity index (χ4v) is 3.69. The molecule has 2 aromatic carbocycles. The van der Waals surface area contributed by atoms with E-state index >= 15 is 0 Å². The number of nitrogens with one attached hydrogen (secondary N) is 1. The molecule has 0 bridgehead atoms. The molecule has 28 heavy (non-hydrogen) atoms. The number of carbonyl (C=O) groups excluding carboxylic acids is 2. The summed E-state index contributed by atoms with van der Waals surface area (Å²) in [5.74, 6) is -0.605. The predicted octanol–water partition coefficient (Wildman–Crippen LogP) is 2.43. The van der Waals surface area contributed by atoms with Crippen molar-refractivity contribution >= 4 is 11.8 Å². The zero-order valence-corrected chi connectivity index (χ0v) is 15.5. The molecule has 0 saturated carbocycles. The average molecular weight is 374 g/mol. The Kier molecular flexibility index (Phi) is 4.93. The monoisotopic (exact) mass is 374 g/mol. The molecule has 3 N–H and O–H groups in total. The third-order valence-electron chi connectivity index (χ3n) is 5.06. The van der Waals surface area contributed by atoms with E-state index in [9.17, 15) is 9.59 Å². The molecule has 142 valence electrons. The van der Waals surface area contributed by atoms with E-state index in [2.05, 4.69) is 10.4 Å². The molecular weight excluding hydrogens is 352 g/mol. The molecule has 0 aliphatic heterocycles. The van der Waals surface area contributed by atoms with Crippen molar-refractivity contribution in [2.24, 2.45) is 5.73 Å². The van der Waals surface area contributed by atoms with Gasteiger partial charge in [-0.15, -0.1) is 0 Å². The number of rotatable bonds is 6. The van der Waals surface area contributed by atoms with Gasteiger partial charge in [-0.1, -0.05) is 30.3 Å². The Morgan fingerprint density at radius 3 is 2.68 bits per heavy atom. The molecule has 0 saturated heterocycles. The third-order valence-corrected chi connectivity index (χ3v) is 5.06. The van der Waals surface area contributed by atoms with E-state index in [-0.39, 0.29) is 5.91 Å². The molecule has 6 nitrogen and oxygen atoms in total. The number of primary amides is 1. The maximum Gasteiger partial charge on any atom is 0.272 e. The second-order valence-electron chi connectivity index (χ2n) is 6.95. The number of benzene rings is 2. The van der Waals surface area contributed by atoms with Crippen LogP contribution in [0.1, 0.15) is 44.1 Å². The van der Waals surface area contributed by atoms with E-state index in [0.717, 1.165) is 41.8 Å². The van der Waals surface area contributed by atoms with Gasteiger partial charge in [0, 0.05) is 23.4 Å². The van der Waals surface area contributed by atoms with E-state index in [1.54, 1.807) is 18.2 Å². The Morgan fingerprint density at radius 1 is 1.07 bits per heavy atom. The number of aromatic nitrogens is 2. The number of amides is 2. The highest BCUT2D eigenvalue weighted by Crippen LogP contribution is 2.27. The lowest BCUT2D eigenvalue weighted by atomic mass is 10.1. The lowest BCUT2D eigenvalue weighted by Gasteiger charge is -2.06. The molecule has 3 aromatic rings. The molecule has 0 atom stereocenters. The smallest absolute Gasteiger partial charge is 0.272 e. The highest BCUT2D eigenvalue weighted by molar-refractivity contribution is 5.94. The van der Waals surface area contributed by atoms with Gasteiger partial charge in [-0.3, -0.25) is 9.59 Å².